The Morgan fingerprint density at radius 3 is 2.93 bits per heavy atom. The summed E-state index contributed by atoms with van der Waals surface area (Å²) in [5.41, 5.74) is 7.14. The van der Waals surface area contributed by atoms with Crippen molar-refractivity contribution in [3.05, 3.63) is 34.9 Å². The van der Waals surface area contributed by atoms with Gasteiger partial charge in [0.25, 0.3) is 0 Å². The Morgan fingerprint density at radius 1 is 1.60 bits per heavy atom. The first-order valence-corrected chi connectivity index (χ1v) is 4.79. The second-order valence-electron chi connectivity index (χ2n) is 2.96. The predicted octanol–water partition coefficient (Wildman–Crippen LogP) is 2.50. The molecular formula is C11H12ClNO2. The molecule has 0 unspecified atom stereocenters. The summed E-state index contributed by atoms with van der Waals surface area (Å²) in [5.74, 6) is -0.279. The second-order valence-corrected chi connectivity index (χ2v) is 3.39. The minimum absolute atomic E-state index is 0.235. The van der Waals surface area contributed by atoms with E-state index >= 15 is 0 Å². The highest BCUT2D eigenvalue weighted by Crippen LogP contribution is 2.19. The van der Waals surface area contributed by atoms with Crippen molar-refractivity contribution in [1.82, 2.24) is 0 Å². The minimum atomic E-state index is -0.279. The van der Waals surface area contributed by atoms with E-state index in [1.165, 1.54) is 7.11 Å². The molecule has 0 aliphatic rings. The van der Waals surface area contributed by atoms with Crippen LogP contribution in [-0.4, -0.2) is 13.1 Å². The van der Waals surface area contributed by atoms with Crippen LogP contribution in [-0.2, 0) is 9.53 Å². The van der Waals surface area contributed by atoms with Crippen LogP contribution in [0, 0.1) is 0 Å². The highest BCUT2D eigenvalue weighted by Gasteiger charge is 1.97. The Labute approximate surface area is 93.5 Å². The quantitative estimate of drug-likeness (QED) is 0.635. The number of hydrogen-bond acceptors (Lipinski definition) is 3. The normalized spacial score (nSPS) is 10.5. The van der Waals surface area contributed by atoms with E-state index in [0.717, 1.165) is 5.56 Å². The number of anilines is 1. The summed E-state index contributed by atoms with van der Waals surface area (Å²) < 4.78 is 4.49. The smallest absolute Gasteiger partial charge is 0.309 e. The van der Waals surface area contributed by atoms with Crippen molar-refractivity contribution in [3.8, 4) is 0 Å². The minimum Gasteiger partial charge on any atom is -0.469 e. The summed E-state index contributed by atoms with van der Waals surface area (Å²) in [4.78, 5) is 10.8. The molecule has 15 heavy (non-hydrogen) atoms. The number of hydrogen-bond donors (Lipinski definition) is 1. The Morgan fingerprint density at radius 2 is 2.33 bits per heavy atom. The van der Waals surface area contributed by atoms with Crippen molar-refractivity contribution in [2.45, 2.75) is 6.42 Å². The molecule has 2 N–H and O–H groups in total. The average molecular weight is 226 g/mol. The van der Waals surface area contributed by atoms with Crippen LogP contribution in [0.2, 0.25) is 5.02 Å². The van der Waals surface area contributed by atoms with Crippen molar-refractivity contribution in [2.75, 3.05) is 12.8 Å². The summed E-state index contributed by atoms with van der Waals surface area (Å²) in [5, 5.41) is 0.595. The van der Waals surface area contributed by atoms with Crippen LogP contribution in [0.5, 0.6) is 0 Å². The molecule has 0 radical (unpaired) electrons. The molecule has 0 aliphatic heterocycles. The van der Waals surface area contributed by atoms with Gasteiger partial charge in [-0.25, -0.2) is 0 Å². The van der Waals surface area contributed by atoms with Gasteiger partial charge in [0.05, 0.1) is 13.5 Å². The summed E-state index contributed by atoms with van der Waals surface area (Å²) in [6, 6.07) is 5.21. The zero-order chi connectivity index (χ0) is 11.3. The zero-order valence-corrected chi connectivity index (χ0v) is 9.12. The second kappa shape index (κ2) is 5.41. The van der Waals surface area contributed by atoms with Gasteiger partial charge >= 0.3 is 5.97 Å². The molecule has 4 heteroatoms. The van der Waals surface area contributed by atoms with E-state index < -0.39 is 0 Å². The standard InChI is InChI=1S/C11H12ClNO2/c1-15-11(14)4-2-3-8-5-6-9(12)7-10(8)13/h2-3,5-7H,4,13H2,1H3. The van der Waals surface area contributed by atoms with Crippen LogP contribution in [0.3, 0.4) is 0 Å². The maximum absolute atomic E-state index is 10.8. The van der Waals surface area contributed by atoms with Gasteiger partial charge in [-0.05, 0) is 17.7 Å². The van der Waals surface area contributed by atoms with Crippen LogP contribution in [0.15, 0.2) is 24.3 Å². The number of nitrogen functional groups attached to an aromatic ring is 1. The van der Waals surface area contributed by atoms with Gasteiger partial charge in [-0.3, -0.25) is 4.79 Å². The number of benzene rings is 1. The van der Waals surface area contributed by atoms with Gasteiger partial charge in [0.2, 0.25) is 0 Å². The third-order valence-corrected chi connectivity index (χ3v) is 2.09. The molecule has 1 aromatic rings. The third-order valence-electron chi connectivity index (χ3n) is 1.86. The highest BCUT2D eigenvalue weighted by molar-refractivity contribution is 6.30. The third kappa shape index (κ3) is 3.64. The van der Waals surface area contributed by atoms with Gasteiger partial charge in [-0.2, -0.15) is 0 Å². The monoisotopic (exact) mass is 225 g/mol. The molecule has 0 saturated heterocycles. The lowest BCUT2D eigenvalue weighted by molar-refractivity contribution is -0.139. The fraction of sp³-hybridized carbons (Fsp3) is 0.182. The van der Waals surface area contributed by atoms with Gasteiger partial charge in [-0.1, -0.05) is 29.8 Å². The topological polar surface area (TPSA) is 52.3 Å². The van der Waals surface area contributed by atoms with Crippen LogP contribution >= 0.6 is 11.6 Å². The molecular weight excluding hydrogens is 214 g/mol. The van der Waals surface area contributed by atoms with Gasteiger partial charge in [0.15, 0.2) is 0 Å². The fourth-order valence-electron chi connectivity index (χ4n) is 1.06. The zero-order valence-electron chi connectivity index (χ0n) is 8.37. The number of esters is 1. The summed E-state index contributed by atoms with van der Waals surface area (Å²) in [7, 11) is 1.35. The summed E-state index contributed by atoms with van der Waals surface area (Å²) >= 11 is 5.75. The maximum atomic E-state index is 10.8. The molecule has 80 valence electrons. The Bertz CT molecular complexity index is 388. The molecule has 0 heterocycles. The van der Waals surface area contributed by atoms with Gasteiger partial charge < -0.3 is 10.5 Å². The van der Waals surface area contributed by atoms with Crippen LogP contribution in [0.1, 0.15) is 12.0 Å². The Kier molecular flexibility index (Phi) is 4.18. The van der Waals surface area contributed by atoms with Crippen molar-refractivity contribution >= 4 is 29.3 Å². The van der Waals surface area contributed by atoms with Crippen molar-refractivity contribution in [1.29, 1.82) is 0 Å². The lowest BCUT2D eigenvalue weighted by atomic mass is 10.1. The molecule has 1 rings (SSSR count). The van der Waals surface area contributed by atoms with E-state index in [4.69, 9.17) is 17.3 Å². The SMILES string of the molecule is COC(=O)CC=Cc1ccc(Cl)cc1N. The molecule has 0 aromatic heterocycles. The first kappa shape index (κ1) is 11.6. The van der Waals surface area contributed by atoms with Crippen LogP contribution in [0.4, 0.5) is 5.69 Å². The van der Waals surface area contributed by atoms with Gasteiger partial charge in [-0.15, -0.1) is 0 Å². The van der Waals surface area contributed by atoms with E-state index in [-0.39, 0.29) is 12.4 Å². The molecule has 0 amide bonds. The fourth-order valence-corrected chi connectivity index (χ4v) is 1.24. The number of halogens is 1. The maximum Gasteiger partial charge on any atom is 0.309 e. The summed E-state index contributed by atoms with van der Waals surface area (Å²) in [6.07, 6.45) is 3.70. The van der Waals surface area contributed by atoms with Crippen LogP contribution < -0.4 is 5.73 Å². The lowest BCUT2D eigenvalue weighted by Crippen LogP contribution is -1.96. The lowest BCUT2D eigenvalue weighted by Gasteiger charge is -2.00. The molecule has 0 spiro atoms. The highest BCUT2D eigenvalue weighted by atomic mass is 35.5. The van der Waals surface area contributed by atoms with E-state index in [0.29, 0.717) is 10.7 Å². The largest absolute Gasteiger partial charge is 0.469 e. The molecule has 0 saturated carbocycles. The molecule has 1 aromatic carbocycles. The number of rotatable bonds is 3. The molecule has 0 aliphatic carbocycles. The molecule has 0 atom stereocenters. The van der Waals surface area contributed by atoms with Crippen molar-refractivity contribution in [2.24, 2.45) is 0 Å². The first-order chi connectivity index (χ1) is 7.13. The van der Waals surface area contributed by atoms with Gasteiger partial charge in [0, 0.05) is 10.7 Å². The van der Waals surface area contributed by atoms with E-state index in [1.807, 2.05) is 0 Å². The average Bonchev–Trinajstić information content (AvgIpc) is 2.21. The Hall–Kier alpha value is -1.48. The van der Waals surface area contributed by atoms with E-state index in [2.05, 4.69) is 4.74 Å². The van der Waals surface area contributed by atoms with E-state index in [1.54, 1.807) is 30.4 Å². The Balaban J connectivity index is 2.68. The first-order valence-electron chi connectivity index (χ1n) is 4.42. The summed E-state index contributed by atoms with van der Waals surface area (Å²) in [6.45, 7) is 0. The predicted molar refractivity (Wildman–Crippen MR) is 61.5 cm³/mol. The number of carbonyl (C=O) groups excluding carboxylic acids is 1. The van der Waals surface area contributed by atoms with E-state index in [9.17, 15) is 4.79 Å². The number of nitrogens with two attached hydrogens (primary N) is 1. The number of carbonyl (C=O) groups is 1. The molecule has 3 nitrogen and oxygen atoms in total. The molecule has 0 bridgehead atoms. The van der Waals surface area contributed by atoms with Crippen molar-refractivity contribution in [3.63, 3.8) is 0 Å². The van der Waals surface area contributed by atoms with Gasteiger partial charge in [0.1, 0.15) is 0 Å². The van der Waals surface area contributed by atoms with Crippen LogP contribution in [0.25, 0.3) is 6.08 Å². The van der Waals surface area contributed by atoms with Crippen molar-refractivity contribution < 1.29 is 9.53 Å². The molecule has 0 fully saturated rings. The number of methoxy groups -OCH3 is 1. The number of ether oxygens (including phenoxy) is 1.